The normalized spacial score (nSPS) is 14.1. The second-order valence-electron chi connectivity index (χ2n) is 6.72. The third-order valence-electron chi connectivity index (χ3n) is 4.88. The van der Waals surface area contributed by atoms with Crippen molar-refractivity contribution in [3.8, 4) is 11.4 Å². The van der Waals surface area contributed by atoms with Crippen LogP contribution in [-0.4, -0.2) is 25.8 Å². The Morgan fingerprint density at radius 2 is 1.85 bits per heavy atom. The minimum absolute atomic E-state index is 0.265. The van der Waals surface area contributed by atoms with E-state index < -0.39 is 0 Å². The predicted molar refractivity (Wildman–Crippen MR) is 107 cm³/mol. The van der Waals surface area contributed by atoms with Crippen LogP contribution in [0.5, 0.6) is 0 Å². The van der Waals surface area contributed by atoms with Crippen LogP contribution in [0.2, 0.25) is 0 Å². The lowest BCUT2D eigenvalue weighted by Gasteiger charge is -2.28. The van der Waals surface area contributed by atoms with Gasteiger partial charge in [-0.25, -0.2) is 9.07 Å². The van der Waals surface area contributed by atoms with Gasteiger partial charge in [-0.05, 0) is 54.0 Å². The van der Waals surface area contributed by atoms with Crippen molar-refractivity contribution in [1.82, 2.24) is 19.2 Å². The number of benzene rings is 2. The Hall–Kier alpha value is -2.57. The molecule has 138 valence electrons. The molecule has 0 spiro atoms. The van der Waals surface area contributed by atoms with E-state index in [4.69, 9.17) is 17.3 Å². The number of nitrogens with zero attached hydrogens (tertiary/aromatic N) is 4. The molecule has 4 nitrogen and oxygen atoms in total. The molecular weight excluding hydrogens is 359 g/mol. The standard InChI is InChI=1S/C21H21FN4S/c1-2-12-25-20(17-7-9-19(22)10-8-17)23-26(21(25)27)15-24-13-11-16-5-3-4-6-18(16)14-24/h2-10H,1,11-15H2. The molecule has 0 bridgehead atoms. The largest absolute Gasteiger partial charge is 0.296 e. The van der Waals surface area contributed by atoms with E-state index in [0.29, 0.717) is 18.0 Å². The van der Waals surface area contributed by atoms with Crippen LogP contribution < -0.4 is 0 Å². The number of rotatable bonds is 5. The first-order valence-corrected chi connectivity index (χ1v) is 9.40. The molecule has 27 heavy (non-hydrogen) atoms. The fourth-order valence-electron chi connectivity index (χ4n) is 3.50. The number of hydrogen-bond acceptors (Lipinski definition) is 3. The number of hydrogen-bond donors (Lipinski definition) is 0. The van der Waals surface area contributed by atoms with Crippen molar-refractivity contribution in [1.29, 1.82) is 0 Å². The minimum Gasteiger partial charge on any atom is -0.296 e. The lowest BCUT2D eigenvalue weighted by atomic mass is 10.0. The molecular formula is C21H21FN4S. The van der Waals surface area contributed by atoms with Gasteiger partial charge in [-0.2, -0.15) is 5.10 Å². The topological polar surface area (TPSA) is 26.0 Å². The van der Waals surface area contributed by atoms with E-state index in [1.54, 1.807) is 18.2 Å². The summed E-state index contributed by atoms with van der Waals surface area (Å²) in [6.45, 7) is 6.87. The molecule has 2 heterocycles. The van der Waals surface area contributed by atoms with Crippen molar-refractivity contribution in [2.45, 2.75) is 26.2 Å². The maximum atomic E-state index is 13.3. The number of fused-ring (bicyclic) bond motifs is 1. The van der Waals surface area contributed by atoms with Crippen molar-refractivity contribution >= 4 is 12.2 Å². The summed E-state index contributed by atoms with van der Waals surface area (Å²) >= 11 is 5.67. The van der Waals surface area contributed by atoms with E-state index in [2.05, 4.69) is 35.7 Å². The molecule has 2 aromatic carbocycles. The van der Waals surface area contributed by atoms with Crippen molar-refractivity contribution < 1.29 is 4.39 Å². The van der Waals surface area contributed by atoms with Crippen LogP contribution in [0.3, 0.4) is 0 Å². The Labute approximate surface area is 163 Å². The molecule has 3 aromatic rings. The summed E-state index contributed by atoms with van der Waals surface area (Å²) in [6, 6.07) is 14.9. The Kier molecular flexibility index (Phi) is 5.01. The third kappa shape index (κ3) is 3.63. The van der Waals surface area contributed by atoms with Gasteiger partial charge in [-0.3, -0.25) is 9.47 Å². The van der Waals surface area contributed by atoms with Gasteiger partial charge in [0.1, 0.15) is 5.82 Å². The van der Waals surface area contributed by atoms with Crippen LogP contribution in [0.1, 0.15) is 11.1 Å². The number of allylic oxidation sites excluding steroid dienone is 1. The van der Waals surface area contributed by atoms with Gasteiger partial charge >= 0.3 is 0 Å². The summed E-state index contributed by atoms with van der Waals surface area (Å²) in [5, 5.41) is 4.74. The highest BCUT2D eigenvalue weighted by atomic mass is 32.1. The molecule has 0 fully saturated rings. The second-order valence-corrected chi connectivity index (χ2v) is 7.09. The molecule has 4 rings (SSSR count). The van der Waals surface area contributed by atoms with Gasteiger partial charge in [-0.15, -0.1) is 6.58 Å². The maximum Gasteiger partial charge on any atom is 0.199 e. The molecule has 0 N–H and O–H groups in total. The lowest BCUT2D eigenvalue weighted by molar-refractivity contribution is 0.188. The van der Waals surface area contributed by atoms with E-state index in [1.165, 1.54) is 23.3 Å². The Morgan fingerprint density at radius 3 is 2.59 bits per heavy atom. The smallest absolute Gasteiger partial charge is 0.199 e. The van der Waals surface area contributed by atoms with Gasteiger partial charge in [0, 0.05) is 25.2 Å². The average molecular weight is 380 g/mol. The van der Waals surface area contributed by atoms with Gasteiger partial charge in [0.05, 0.1) is 6.67 Å². The Bertz CT molecular complexity index is 1020. The van der Waals surface area contributed by atoms with Crippen LogP contribution in [-0.2, 0) is 26.2 Å². The van der Waals surface area contributed by atoms with Gasteiger partial charge < -0.3 is 0 Å². The molecule has 0 saturated heterocycles. The zero-order valence-electron chi connectivity index (χ0n) is 15.0. The van der Waals surface area contributed by atoms with Crippen molar-refractivity contribution in [2.75, 3.05) is 6.54 Å². The third-order valence-corrected chi connectivity index (χ3v) is 5.31. The fourth-order valence-corrected chi connectivity index (χ4v) is 3.76. The number of halogens is 1. The summed E-state index contributed by atoms with van der Waals surface area (Å²) in [5.41, 5.74) is 3.62. The first-order valence-electron chi connectivity index (χ1n) is 8.99. The van der Waals surface area contributed by atoms with Crippen LogP contribution in [0, 0.1) is 10.6 Å². The van der Waals surface area contributed by atoms with E-state index in [-0.39, 0.29) is 5.82 Å². The SMILES string of the molecule is C=CCn1c(-c2ccc(F)cc2)nn(CN2CCc3ccccc3C2)c1=S. The molecule has 1 aliphatic rings. The summed E-state index contributed by atoms with van der Waals surface area (Å²) in [5.74, 6) is 0.469. The molecule has 0 amide bonds. The maximum absolute atomic E-state index is 13.3. The highest BCUT2D eigenvalue weighted by Crippen LogP contribution is 2.22. The van der Waals surface area contributed by atoms with Gasteiger partial charge in [0.2, 0.25) is 0 Å². The van der Waals surface area contributed by atoms with Crippen LogP contribution in [0.25, 0.3) is 11.4 Å². The van der Waals surface area contributed by atoms with Gasteiger partial charge in [-0.1, -0.05) is 30.3 Å². The Balaban J connectivity index is 1.64. The zero-order valence-corrected chi connectivity index (χ0v) is 15.8. The summed E-state index contributed by atoms with van der Waals surface area (Å²) in [4.78, 5) is 2.35. The molecule has 0 atom stereocenters. The summed E-state index contributed by atoms with van der Waals surface area (Å²) in [7, 11) is 0. The van der Waals surface area contributed by atoms with E-state index in [0.717, 1.165) is 30.9 Å². The monoisotopic (exact) mass is 380 g/mol. The van der Waals surface area contributed by atoms with Gasteiger partial charge in [0.25, 0.3) is 0 Å². The molecule has 0 aliphatic carbocycles. The summed E-state index contributed by atoms with van der Waals surface area (Å²) in [6.07, 6.45) is 2.83. The van der Waals surface area contributed by atoms with Crippen LogP contribution in [0.15, 0.2) is 61.2 Å². The van der Waals surface area contributed by atoms with E-state index >= 15 is 0 Å². The first kappa shape index (κ1) is 17.8. The second kappa shape index (κ2) is 7.58. The molecule has 1 aromatic heterocycles. The molecule has 6 heteroatoms. The quantitative estimate of drug-likeness (QED) is 0.484. The van der Waals surface area contributed by atoms with Gasteiger partial charge in [0.15, 0.2) is 10.6 Å². The molecule has 0 radical (unpaired) electrons. The van der Waals surface area contributed by atoms with Crippen LogP contribution >= 0.6 is 12.2 Å². The molecule has 1 aliphatic heterocycles. The summed E-state index contributed by atoms with van der Waals surface area (Å²) < 4.78 is 17.7. The van der Waals surface area contributed by atoms with Crippen molar-refractivity contribution in [3.63, 3.8) is 0 Å². The Morgan fingerprint density at radius 1 is 1.11 bits per heavy atom. The minimum atomic E-state index is -0.265. The van der Waals surface area contributed by atoms with Crippen molar-refractivity contribution in [3.05, 3.63) is 82.9 Å². The molecule has 0 unspecified atom stereocenters. The lowest BCUT2D eigenvalue weighted by Crippen LogP contribution is -2.32. The predicted octanol–water partition coefficient (Wildman–Crippen LogP) is 4.42. The fraction of sp³-hybridized carbons (Fsp3) is 0.238. The van der Waals surface area contributed by atoms with Crippen molar-refractivity contribution in [2.24, 2.45) is 0 Å². The highest BCUT2D eigenvalue weighted by molar-refractivity contribution is 7.71. The number of aromatic nitrogens is 3. The highest BCUT2D eigenvalue weighted by Gasteiger charge is 2.18. The van der Waals surface area contributed by atoms with E-state index in [1.807, 2.05) is 9.25 Å². The molecule has 0 saturated carbocycles. The van der Waals surface area contributed by atoms with E-state index in [9.17, 15) is 4.39 Å². The average Bonchev–Trinajstić information content (AvgIpc) is 2.99. The zero-order chi connectivity index (χ0) is 18.8. The first-order chi connectivity index (χ1) is 13.2. The van der Waals surface area contributed by atoms with Crippen LogP contribution in [0.4, 0.5) is 4.39 Å².